The molecule has 0 spiro atoms. The molecule has 0 aliphatic heterocycles. The molecule has 1 heteroatoms. The first-order chi connectivity index (χ1) is 7.08. The fourth-order valence-corrected chi connectivity index (χ4v) is 2.50. The van der Waals surface area contributed by atoms with Crippen LogP contribution in [0.2, 0.25) is 0 Å². The van der Waals surface area contributed by atoms with E-state index in [2.05, 4.69) is 26.0 Å². The van der Waals surface area contributed by atoms with Crippen LogP contribution in [0.3, 0.4) is 0 Å². The Kier molecular flexibility index (Phi) is 2.47. The average molecular weight is 200 g/mol. The lowest BCUT2D eigenvalue weighted by atomic mass is 9.98. The predicted molar refractivity (Wildman–Crippen MR) is 62.9 cm³/mol. The summed E-state index contributed by atoms with van der Waals surface area (Å²) in [6.45, 7) is 5.87. The number of allylic oxidation sites excluding steroid dienone is 2. The number of benzene rings is 1. The molecule has 0 fully saturated rings. The van der Waals surface area contributed by atoms with Crippen LogP contribution in [-0.2, 0) is 11.2 Å². The second kappa shape index (κ2) is 3.65. The minimum atomic E-state index is 0.151. The number of ketones is 1. The fraction of sp³-hybridized carbons (Fsp3) is 0.357. The molecule has 1 aromatic rings. The average Bonchev–Trinajstić information content (AvgIpc) is 2.46. The van der Waals surface area contributed by atoms with Crippen LogP contribution in [0, 0.1) is 13.8 Å². The Morgan fingerprint density at radius 1 is 1.27 bits per heavy atom. The number of aryl methyl sites for hydroxylation is 3. The van der Waals surface area contributed by atoms with Gasteiger partial charge < -0.3 is 0 Å². The van der Waals surface area contributed by atoms with Gasteiger partial charge in [0, 0.05) is 0 Å². The largest absolute Gasteiger partial charge is 0.295 e. The quantitative estimate of drug-likeness (QED) is 0.636. The summed E-state index contributed by atoms with van der Waals surface area (Å²) in [6, 6.07) is 4.43. The van der Waals surface area contributed by atoms with Crippen molar-refractivity contribution in [3.63, 3.8) is 0 Å². The van der Waals surface area contributed by atoms with Crippen LogP contribution in [0.15, 0.2) is 18.2 Å². The first-order valence-corrected chi connectivity index (χ1v) is 5.39. The van der Waals surface area contributed by atoms with Crippen LogP contribution in [0.25, 0.3) is 5.57 Å². The molecule has 78 valence electrons. The topological polar surface area (TPSA) is 17.1 Å². The van der Waals surface area contributed by atoms with Gasteiger partial charge in [0.15, 0.2) is 5.78 Å². The molecule has 0 N–H and O–H groups in total. The van der Waals surface area contributed by atoms with E-state index in [-0.39, 0.29) is 5.78 Å². The third-order valence-electron chi connectivity index (χ3n) is 2.92. The smallest absolute Gasteiger partial charge is 0.152 e. The molecule has 0 atom stereocenters. The van der Waals surface area contributed by atoms with Crippen LogP contribution in [0.1, 0.15) is 35.6 Å². The van der Waals surface area contributed by atoms with E-state index in [1.165, 1.54) is 27.8 Å². The zero-order chi connectivity index (χ0) is 11.0. The molecule has 15 heavy (non-hydrogen) atoms. The minimum absolute atomic E-state index is 0.151. The van der Waals surface area contributed by atoms with Gasteiger partial charge in [-0.15, -0.1) is 0 Å². The van der Waals surface area contributed by atoms with Gasteiger partial charge >= 0.3 is 0 Å². The van der Waals surface area contributed by atoms with Crippen molar-refractivity contribution in [3.05, 3.63) is 40.5 Å². The lowest BCUT2D eigenvalue weighted by molar-refractivity contribution is -0.112. The van der Waals surface area contributed by atoms with Crippen molar-refractivity contribution in [3.8, 4) is 0 Å². The summed E-state index contributed by atoms with van der Waals surface area (Å²) in [4.78, 5) is 11.1. The Morgan fingerprint density at radius 3 is 2.67 bits per heavy atom. The third-order valence-corrected chi connectivity index (χ3v) is 2.92. The van der Waals surface area contributed by atoms with Crippen molar-refractivity contribution in [2.45, 2.75) is 33.6 Å². The van der Waals surface area contributed by atoms with E-state index in [4.69, 9.17) is 0 Å². The van der Waals surface area contributed by atoms with E-state index >= 15 is 0 Å². The Labute approximate surface area is 90.8 Å². The predicted octanol–water partition coefficient (Wildman–Crippen LogP) is 3.22. The first-order valence-electron chi connectivity index (χ1n) is 5.39. The van der Waals surface area contributed by atoms with E-state index in [1.807, 2.05) is 0 Å². The lowest BCUT2D eigenvalue weighted by Gasteiger charge is -2.07. The summed E-state index contributed by atoms with van der Waals surface area (Å²) in [6.07, 6.45) is 3.88. The molecule has 2 rings (SSSR count). The number of carbonyl (C=O) groups is 1. The zero-order valence-electron chi connectivity index (χ0n) is 9.55. The Balaban J connectivity index is 2.56. The summed E-state index contributed by atoms with van der Waals surface area (Å²) in [7, 11) is 0. The van der Waals surface area contributed by atoms with Crippen LogP contribution in [0.5, 0.6) is 0 Å². The van der Waals surface area contributed by atoms with E-state index < -0.39 is 0 Å². The molecule has 0 saturated heterocycles. The SMILES string of the molecule is CC(=O)/C=C1/CCc2cc(C)cc(C)c21. The van der Waals surface area contributed by atoms with Crippen LogP contribution >= 0.6 is 0 Å². The van der Waals surface area contributed by atoms with Gasteiger partial charge in [0.2, 0.25) is 0 Å². The number of hydrogen-bond donors (Lipinski definition) is 0. The third kappa shape index (κ3) is 1.87. The van der Waals surface area contributed by atoms with Gasteiger partial charge in [-0.2, -0.15) is 0 Å². The van der Waals surface area contributed by atoms with Crippen molar-refractivity contribution < 1.29 is 4.79 Å². The van der Waals surface area contributed by atoms with Gasteiger partial charge in [-0.05, 0) is 62.0 Å². The highest BCUT2D eigenvalue weighted by Gasteiger charge is 2.18. The minimum Gasteiger partial charge on any atom is -0.295 e. The fourth-order valence-electron chi connectivity index (χ4n) is 2.50. The number of hydrogen-bond acceptors (Lipinski definition) is 1. The molecule has 0 heterocycles. The number of carbonyl (C=O) groups excluding carboxylic acids is 1. The Morgan fingerprint density at radius 2 is 2.00 bits per heavy atom. The van der Waals surface area contributed by atoms with Crippen LogP contribution in [0.4, 0.5) is 0 Å². The molecule has 0 amide bonds. The number of fused-ring (bicyclic) bond motifs is 1. The van der Waals surface area contributed by atoms with Gasteiger partial charge in [0.25, 0.3) is 0 Å². The maximum absolute atomic E-state index is 11.1. The summed E-state index contributed by atoms with van der Waals surface area (Å²) in [5.41, 5.74) is 6.55. The molecule has 0 radical (unpaired) electrons. The van der Waals surface area contributed by atoms with E-state index in [0.29, 0.717) is 0 Å². The highest BCUT2D eigenvalue weighted by Crippen LogP contribution is 2.35. The molecule has 1 aliphatic carbocycles. The van der Waals surface area contributed by atoms with Gasteiger partial charge in [0.05, 0.1) is 0 Å². The maximum atomic E-state index is 11.1. The summed E-state index contributed by atoms with van der Waals surface area (Å²) in [5, 5.41) is 0. The van der Waals surface area contributed by atoms with Crippen LogP contribution < -0.4 is 0 Å². The first kappa shape index (κ1) is 10.2. The Bertz CT molecular complexity index is 453. The molecular formula is C14H16O. The van der Waals surface area contributed by atoms with Crippen molar-refractivity contribution in [1.29, 1.82) is 0 Å². The number of rotatable bonds is 1. The Hall–Kier alpha value is -1.37. The summed E-state index contributed by atoms with van der Waals surface area (Å²) >= 11 is 0. The van der Waals surface area contributed by atoms with E-state index in [9.17, 15) is 4.79 Å². The van der Waals surface area contributed by atoms with Crippen LogP contribution in [-0.4, -0.2) is 5.78 Å². The molecule has 0 saturated carbocycles. The van der Waals surface area contributed by atoms with Crippen molar-refractivity contribution >= 4 is 11.4 Å². The van der Waals surface area contributed by atoms with Crippen molar-refractivity contribution in [2.24, 2.45) is 0 Å². The molecule has 1 aliphatic rings. The molecule has 0 unspecified atom stereocenters. The maximum Gasteiger partial charge on any atom is 0.152 e. The van der Waals surface area contributed by atoms with E-state index in [1.54, 1.807) is 13.0 Å². The molecule has 0 aromatic heterocycles. The monoisotopic (exact) mass is 200 g/mol. The standard InChI is InChI=1S/C14H16O/c1-9-6-10(2)14-12(7-9)4-5-13(14)8-11(3)15/h6-8H,4-5H2,1-3H3/b13-8-. The van der Waals surface area contributed by atoms with Crippen molar-refractivity contribution in [1.82, 2.24) is 0 Å². The molecular weight excluding hydrogens is 184 g/mol. The second-order valence-electron chi connectivity index (χ2n) is 4.40. The highest BCUT2D eigenvalue weighted by atomic mass is 16.1. The van der Waals surface area contributed by atoms with Crippen molar-refractivity contribution in [2.75, 3.05) is 0 Å². The normalized spacial score (nSPS) is 16.9. The van der Waals surface area contributed by atoms with Gasteiger partial charge in [-0.3, -0.25) is 4.79 Å². The molecule has 0 bridgehead atoms. The van der Waals surface area contributed by atoms with Gasteiger partial charge in [0.1, 0.15) is 0 Å². The highest BCUT2D eigenvalue weighted by molar-refractivity contribution is 5.96. The van der Waals surface area contributed by atoms with E-state index in [0.717, 1.165) is 12.8 Å². The summed E-state index contributed by atoms with van der Waals surface area (Å²) < 4.78 is 0. The molecule has 1 nitrogen and oxygen atoms in total. The molecule has 1 aromatic carbocycles. The van der Waals surface area contributed by atoms with Gasteiger partial charge in [-0.1, -0.05) is 17.7 Å². The van der Waals surface area contributed by atoms with Gasteiger partial charge in [-0.25, -0.2) is 0 Å². The lowest BCUT2D eigenvalue weighted by Crippen LogP contribution is -1.91. The summed E-state index contributed by atoms with van der Waals surface area (Å²) in [5.74, 6) is 0.151. The second-order valence-corrected chi connectivity index (χ2v) is 4.40. The zero-order valence-corrected chi connectivity index (χ0v) is 9.55.